The van der Waals surface area contributed by atoms with Gasteiger partial charge in [0.1, 0.15) is 12.6 Å². The molecule has 0 saturated heterocycles. The van der Waals surface area contributed by atoms with Crippen LogP contribution in [-0.2, 0) is 26.2 Å². The second-order valence-electron chi connectivity index (χ2n) is 10.2. The van der Waals surface area contributed by atoms with Gasteiger partial charge in [0, 0.05) is 17.5 Å². The summed E-state index contributed by atoms with van der Waals surface area (Å²) in [6.07, 6.45) is 1.39. The van der Waals surface area contributed by atoms with Gasteiger partial charge in [-0.3, -0.25) is 13.9 Å². The molecule has 3 aromatic carbocycles. The summed E-state index contributed by atoms with van der Waals surface area (Å²) in [7, 11) is -3.86. The van der Waals surface area contributed by atoms with E-state index >= 15 is 0 Å². The first kappa shape index (κ1) is 29.7. The third-order valence-electron chi connectivity index (χ3n) is 5.94. The monoisotopic (exact) mass is 577 g/mol. The number of amides is 2. The lowest BCUT2D eigenvalue weighted by atomic mass is 10.1. The SMILES string of the molecule is CC[C@@H](C(=O)NC(C)(C)C)N(Cc1ccc(Cl)c(Cl)c1)C(=O)CN(c1cccc2ccccc12)S(C)(=O)=O. The number of hydrogen-bond donors (Lipinski definition) is 1. The molecule has 10 heteroatoms. The van der Waals surface area contributed by atoms with Gasteiger partial charge in [0.2, 0.25) is 21.8 Å². The zero-order valence-electron chi connectivity index (χ0n) is 22.2. The Morgan fingerprint density at radius 2 is 1.63 bits per heavy atom. The van der Waals surface area contributed by atoms with Gasteiger partial charge in [0.05, 0.1) is 22.0 Å². The Hall–Kier alpha value is -2.81. The molecule has 0 spiro atoms. The van der Waals surface area contributed by atoms with Crippen molar-refractivity contribution in [2.24, 2.45) is 0 Å². The first-order valence-corrected chi connectivity index (χ1v) is 14.8. The van der Waals surface area contributed by atoms with E-state index < -0.39 is 34.1 Å². The number of nitrogens with one attached hydrogen (secondary N) is 1. The molecule has 3 rings (SSSR count). The van der Waals surface area contributed by atoms with Crippen molar-refractivity contribution < 1.29 is 18.0 Å². The highest BCUT2D eigenvalue weighted by Gasteiger charge is 2.33. The van der Waals surface area contributed by atoms with Crippen LogP contribution < -0.4 is 9.62 Å². The summed E-state index contributed by atoms with van der Waals surface area (Å²) in [5.74, 6) is -0.852. The average Bonchev–Trinajstić information content (AvgIpc) is 2.82. The molecule has 0 aliphatic rings. The number of anilines is 1. The van der Waals surface area contributed by atoms with Crippen molar-refractivity contribution in [2.45, 2.75) is 52.2 Å². The lowest BCUT2D eigenvalue weighted by Crippen LogP contribution is -2.55. The third kappa shape index (κ3) is 7.40. The number of fused-ring (bicyclic) bond motifs is 1. The molecule has 0 radical (unpaired) electrons. The van der Waals surface area contributed by atoms with Gasteiger partial charge >= 0.3 is 0 Å². The summed E-state index contributed by atoms with van der Waals surface area (Å²) < 4.78 is 27.0. The molecule has 38 heavy (non-hydrogen) atoms. The second-order valence-corrected chi connectivity index (χ2v) is 12.9. The van der Waals surface area contributed by atoms with Crippen molar-refractivity contribution in [1.82, 2.24) is 10.2 Å². The number of carbonyl (C=O) groups is 2. The summed E-state index contributed by atoms with van der Waals surface area (Å²) in [5.41, 5.74) is 0.524. The molecular formula is C28H33Cl2N3O4S. The number of benzene rings is 3. The van der Waals surface area contributed by atoms with Crippen LogP contribution in [0.5, 0.6) is 0 Å². The molecule has 204 valence electrons. The molecule has 0 heterocycles. The fourth-order valence-electron chi connectivity index (χ4n) is 4.23. The molecule has 2 amide bonds. The lowest BCUT2D eigenvalue weighted by Gasteiger charge is -2.34. The lowest BCUT2D eigenvalue weighted by molar-refractivity contribution is -0.141. The molecule has 0 aromatic heterocycles. The van der Waals surface area contributed by atoms with Crippen molar-refractivity contribution in [2.75, 3.05) is 17.1 Å². The van der Waals surface area contributed by atoms with Crippen LogP contribution in [0.25, 0.3) is 10.8 Å². The minimum absolute atomic E-state index is 0.0406. The summed E-state index contributed by atoms with van der Waals surface area (Å²) in [6.45, 7) is 6.94. The van der Waals surface area contributed by atoms with Crippen LogP contribution in [0.4, 0.5) is 5.69 Å². The molecule has 0 aliphatic carbocycles. The first-order chi connectivity index (χ1) is 17.7. The van der Waals surface area contributed by atoms with Crippen molar-refractivity contribution in [3.63, 3.8) is 0 Å². The predicted octanol–water partition coefficient (Wildman–Crippen LogP) is 5.63. The Balaban J connectivity index is 2.05. The molecule has 0 saturated carbocycles. The predicted molar refractivity (Wildman–Crippen MR) is 155 cm³/mol. The minimum atomic E-state index is -3.86. The molecule has 1 N–H and O–H groups in total. The molecule has 0 bridgehead atoms. The maximum absolute atomic E-state index is 13.9. The van der Waals surface area contributed by atoms with E-state index in [1.807, 2.05) is 51.1 Å². The molecule has 1 atom stereocenters. The van der Waals surface area contributed by atoms with Crippen LogP contribution in [0.2, 0.25) is 10.0 Å². The smallest absolute Gasteiger partial charge is 0.244 e. The Bertz CT molecular complexity index is 1430. The normalized spacial score (nSPS) is 12.7. The summed E-state index contributed by atoms with van der Waals surface area (Å²) in [6, 6.07) is 16.8. The summed E-state index contributed by atoms with van der Waals surface area (Å²) in [5, 5.41) is 5.16. The van der Waals surface area contributed by atoms with Crippen LogP contribution in [0.15, 0.2) is 60.7 Å². The molecular weight excluding hydrogens is 545 g/mol. The van der Waals surface area contributed by atoms with E-state index in [0.717, 1.165) is 15.9 Å². The molecule has 3 aromatic rings. The van der Waals surface area contributed by atoms with Crippen molar-refractivity contribution in [1.29, 1.82) is 0 Å². The molecule has 0 unspecified atom stereocenters. The third-order valence-corrected chi connectivity index (χ3v) is 7.80. The van der Waals surface area contributed by atoms with Crippen molar-refractivity contribution in [3.8, 4) is 0 Å². The van der Waals surface area contributed by atoms with Gasteiger partial charge in [0.25, 0.3) is 0 Å². The first-order valence-electron chi connectivity index (χ1n) is 12.2. The van der Waals surface area contributed by atoms with Crippen LogP contribution in [0, 0.1) is 0 Å². The number of rotatable bonds is 9. The van der Waals surface area contributed by atoms with Crippen LogP contribution in [0.3, 0.4) is 0 Å². The highest BCUT2D eigenvalue weighted by atomic mass is 35.5. The van der Waals surface area contributed by atoms with E-state index in [9.17, 15) is 18.0 Å². The fraction of sp³-hybridized carbons (Fsp3) is 0.357. The Morgan fingerprint density at radius 1 is 0.974 bits per heavy atom. The number of halogens is 2. The van der Waals surface area contributed by atoms with Crippen LogP contribution in [-0.4, -0.2) is 49.5 Å². The number of carbonyl (C=O) groups excluding carboxylic acids is 2. The fourth-order valence-corrected chi connectivity index (χ4v) is 5.41. The average molecular weight is 579 g/mol. The van der Waals surface area contributed by atoms with Gasteiger partial charge in [-0.2, -0.15) is 0 Å². The summed E-state index contributed by atoms with van der Waals surface area (Å²) in [4.78, 5) is 28.6. The quantitative estimate of drug-likeness (QED) is 0.357. The van der Waals surface area contributed by atoms with E-state index in [1.165, 1.54) is 4.90 Å². The zero-order valence-corrected chi connectivity index (χ0v) is 24.5. The number of hydrogen-bond acceptors (Lipinski definition) is 4. The highest BCUT2D eigenvalue weighted by molar-refractivity contribution is 7.92. The van der Waals surface area contributed by atoms with Gasteiger partial charge in [-0.05, 0) is 56.3 Å². The number of sulfonamides is 1. The second kappa shape index (κ2) is 11.9. The topological polar surface area (TPSA) is 86.8 Å². The van der Waals surface area contributed by atoms with Gasteiger partial charge in [0.15, 0.2) is 0 Å². The zero-order chi connectivity index (χ0) is 28.3. The van der Waals surface area contributed by atoms with E-state index in [-0.39, 0.29) is 12.5 Å². The highest BCUT2D eigenvalue weighted by Crippen LogP contribution is 2.29. The Morgan fingerprint density at radius 3 is 2.24 bits per heavy atom. The van der Waals surface area contributed by atoms with Crippen LogP contribution in [0.1, 0.15) is 39.7 Å². The van der Waals surface area contributed by atoms with Crippen molar-refractivity contribution >= 4 is 61.5 Å². The molecule has 0 fully saturated rings. The van der Waals surface area contributed by atoms with E-state index in [1.54, 1.807) is 37.3 Å². The van der Waals surface area contributed by atoms with Crippen LogP contribution >= 0.6 is 23.2 Å². The van der Waals surface area contributed by atoms with Gasteiger partial charge in [-0.25, -0.2) is 8.42 Å². The van der Waals surface area contributed by atoms with Gasteiger partial charge < -0.3 is 10.2 Å². The molecule has 0 aliphatic heterocycles. The van der Waals surface area contributed by atoms with E-state index in [2.05, 4.69) is 5.32 Å². The van der Waals surface area contributed by atoms with E-state index in [4.69, 9.17) is 23.2 Å². The maximum atomic E-state index is 13.9. The largest absolute Gasteiger partial charge is 0.350 e. The minimum Gasteiger partial charge on any atom is -0.350 e. The van der Waals surface area contributed by atoms with Crippen molar-refractivity contribution in [3.05, 3.63) is 76.3 Å². The standard InChI is InChI=1S/C28H33Cl2N3O4S/c1-6-24(27(35)31-28(2,3)4)32(17-19-14-15-22(29)23(30)16-19)26(34)18-33(38(5,36)37)25-13-9-11-20-10-7-8-12-21(20)25/h7-16,24H,6,17-18H2,1-5H3,(H,31,35)/t24-/m0/s1. The van der Waals surface area contributed by atoms with Gasteiger partial charge in [-0.15, -0.1) is 0 Å². The maximum Gasteiger partial charge on any atom is 0.244 e. The number of nitrogens with zero attached hydrogens (tertiary/aromatic N) is 2. The van der Waals surface area contributed by atoms with Gasteiger partial charge in [-0.1, -0.05) is 72.6 Å². The molecule has 7 nitrogen and oxygen atoms in total. The van der Waals surface area contributed by atoms with E-state index in [0.29, 0.717) is 33.1 Å². The Kier molecular flexibility index (Phi) is 9.34. The Labute approximate surface area is 234 Å². The summed E-state index contributed by atoms with van der Waals surface area (Å²) >= 11 is 12.3.